The number of hydrogen-bond donors (Lipinski definition) is 2. The molecule has 0 saturated heterocycles. The SMILES string of the molecule is C[C@H](/C=C/CCn1cc(CCO)nn1)[C@@]1(O)C(=O)N(c2ccccc2)c2ccc(N3C(=O)COc4ccccc43)cc21. The van der Waals surface area contributed by atoms with Crippen LogP contribution in [0.3, 0.4) is 0 Å². The molecule has 0 fully saturated rings. The van der Waals surface area contributed by atoms with E-state index >= 15 is 0 Å². The van der Waals surface area contributed by atoms with Crippen molar-refractivity contribution in [3.05, 3.63) is 102 Å². The molecule has 0 bridgehead atoms. The van der Waals surface area contributed by atoms with E-state index in [1.54, 1.807) is 46.1 Å². The van der Waals surface area contributed by atoms with E-state index in [1.807, 2.05) is 61.5 Å². The van der Waals surface area contributed by atoms with Gasteiger partial charge in [-0.3, -0.25) is 24.1 Å². The van der Waals surface area contributed by atoms with Gasteiger partial charge in [-0.15, -0.1) is 5.10 Å². The molecule has 2 amide bonds. The van der Waals surface area contributed by atoms with Gasteiger partial charge < -0.3 is 14.9 Å². The Bertz CT molecular complexity index is 1650. The highest BCUT2D eigenvalue weighted by molar-refractivity contribution is 6.13. The lowest BCUT2D eigenvalue weighted by atomic mass is 9.82. The molecule has 10 heteroatoms. The number of aryl methyl sites for hydroxylation is 1. The highest BCUT2D eigenvalue weighted by atomic mass is 16.5. The number of aliphatic hydroxyl groups excluding tert-OH is 1. The number of carbonyl (C=O) groups excluding carboxylic acids is 2. The molecule has 0 saturated carbocycles. The van der Waals surface area contributed by atoms with Crippen LogP contribution < -0.4 is 14.5 Å². The Balaban J connectivity index is 1.35. The number of benzene rings is 3. The van der Waals surface area contributed by atoms with Crippen LogP contribution in [0.2, 0.25) is 0 Å². The number of rotatable bonds is 9. The summed E-state index contributed by atoms with van der Waals surface area (Å²) in [6.45, 7) is 2.27. The standard InChI is InChI=1S/C32H31N5O5/c1-22(9-7-8-17-35-20-23(16-18-38)33-34-35)32(41)26-19-25(36-28-12-5-6-13-29(28)42-21-30(36)39)14-15-27(26)37(31(32)40)24-10-3-2-4-11-24/h2-7,9-15,19-20,22,38,41H,8,16-18,21H2,1H3/b9-7+/t22-,32+/m1/s1. The predicted octanol–water partition coefficient (Wildman–Crippen LogP) is 4.02. The fourth-order valence-corrected chi connectivity index (χ4v) is 5.54. The molecule has 2 aliphatic heterocycles. The smallest absolute Gasteiger partial charge is 0.269 e. The van der Waals surface area contributed by atoms with E-state index in [2.05, 4.69) is 10.3 Å². The Morgan fingerprint density at radius 2 is 1.79 bits per heavy atom. The van der Waals surface area contributed by atoms with Crippen LogP contribution in [0.4, 0.5) is 22.7 Å². The van der Waals surface area contributed by atoms with E-state index in [1.165, 1.54) is 4.90 Å². The van der Waals surface area contributed by atoms with Crippen LogP contribution in [0.15, 0.2) is 91.1 Å². The summed E-state index contributed by atoms with van der Waals surface area (Å²) in [6.07, 6.45) is 6.60. The van der Waals surface area contributed by atoms with E-state index < -0.39 is 17.4 Å². The zero-order valence-electron chi connectivity index (χ0n) is 23.1. The number of aromatic nitrogens is 3. The summed E-state index contributed by atoms with van der Waals surface area (Å²) in [4.78, 5) is 30.3. The zero-order valence-corrected chi connectivity index (χ0v) is 23.1. The van der Waals surface area contributed by atoms with Crippen molar-refractivity contribution in [2.75, 3.05) is 23.0 Å². The first-order valence-corrected chi connectivity index (χ1v) is 13.9. The topological polar surface area (TPSA) is 121 Å². The van der Waals surface area contributed by atoms with Gasteiger partial charge in [-0.25, -0.2) is 0 Å². The summed E-state index contributed by atoms with van der Waals surface area (Å²) in [7, 11) is 0. The van der Waals surface area contributed by atoms with E-state index in [4.69, 9.17) is 9.84 Å². The van der Waals surface area contributed by atoms with E-state index in [-0.39, 0.29) is 19.1 Å². The van der Waals surface area contributed by atoms with Crippen LogP contribution in [-0.4, -0.2) is 50.2 Å². The molecule has 42 heavy (non-hydrogen) atoms. The van der Waals surface area contributed by atoms with Crippen molar-refractivity contribution in [3.63, 3.8) is 0 Å². The van der Waals surface area contributed by atoms with Gasteiger partial charge in [0.15, 0.2) is 12.2 Å². The van der Waals surface area contributed by atoms with Gasteiger partial charge in [0.1, 0.15) is 5.75 Å². The monoisotopic (exact) mass is 565 g/mol. The molecule has 1 aromatic heterocycles. The maximum absolute atomic E-state index is 14.1. The molecule has 3 heterocycles. The van der Waals surface area contributed by atoms with E-state index in [0.717, 1.165) is 5.69 Å². The average molecular weight is 566 g/mol. The Hall–Kier alpha value is -4.80. The lowest BCUT2D eigenvalue weighted by Crippen LogP contribution is -2.43. The molecule has 4 aromatic rings. The van der Waals surface area contributed by atoms with Crippen molar-refractivity contribution < 1.29 is 24.5 Å². The third-order valence-corrected chi connectivity index (χ3v) is 7.70. The number of fused-ring (bicyclic) bond motifs is 2. The van der Waals surface area contributed by atoms with Crippen molar-refractivity contribution in [2.45, 2.75) is 31.9 Å². The summed E-state index contributed by atoms with van der Waals surface area (Å²) in [5, 5.41) is 29.5. The number of ether oxygens (including phenoxy) is 1. The number of nitrogens with zero attached hydrogens (tertiary/aromatic N) is 5. The van der Waals surface area contributed by atoms with Gasteiger partial charge in [-0.2, -0.15) is 0 Å². The van der Waals surface area contributed by atoms with Gasteiger partial charge >= 0.3 is 0 Å². The zero-order chi connectivity index (χ0) is 29.3. The summed E-state index contributed by atoms with van der Waals surface area (Å²) in [5.74, 6) is -0.718. The maximum Gasteiger partial charge on any atom is 0.269 e. The third-order valence-electron chi connectivity index (χ3n) is 7.70. The van der Waals surface area contributed by atoms with E-state index in [0.29, 0.717) is 53.4 Å². The largest absolute Gasteiger partial charge is 0.482 e. The minimum atomic E-state index is -1.88. The second-order valence-electron chi connectivity index (χ2n) is 10.4. The molecule has 10 nitrogen and oxygen atoms in total. The van der Waals surface area contributed by atoms with Crippen molar-refractivity contribution in [1.29, 1.82) is 0 Å². The van der Waals surface area contributed by atoms with Crippen molar-refractivity contribution in [1.82, 2.24) is 15.0 Å². The van der Waals surface area contributed by atoms with Crippen LogP contribution in [-0.2, 0) is 28.2 Å². The Labute approximate surface area is 243 Å². The predicted molar refractivity (Wildman–Crippen MR) is 157 cm³/mol. The Kier molecular flexibility index (Phi) is 7.32. The number of aliphatic hydroxyl groups is 2. The lowest BCUT2D eigenvalue weighted by molar-refractivity contribution is -0.138. The molecule has 2 atom stereocenters. The molecule has 0 spiro atoms. The third kappa shape index (κ3) is 4.74. The first kappa shape index (κ1) is 27.4. The van der Waals surface area contributed by atoms with Crippen LogP contribution in [0, 0.1) is 5.92 Å². The highest BCUT2D eigenvalue weighted by Gasteiger charge is 2.53. The van der Waals surface area contributed by atoms with Gasteiger partial charge in [-0.05, 0) is 48.9 Å². The van der Waals surface area contributed by atoms with Gasteiger partial charge in [0.2, 0.25) is 0 Å². The molecule has 0 unspecified atom stereocenters. The van der Waals surface area contributed by atoms with Gasteiger partial charge in [-0.1, -0.05) is 54.6 Å². The number of anilines is 4. The molecule has 3 aromatic carbocycles. The fraction of sp³-hybridized carbons (Fsp3) is 0.250. The molecule has 0 aliphatic carbocycles. The quantitative estimate of drug-likeness (QED) is 0.294. The molecule has 214 valence electrons. The fourth-order valence-electron chi connectivity index (χ4n) is 5.54. The number of carbonyl (C=O) groups is 2. The maximum atomic E-state index is 14.1. The highest BCUT2D eigenvalue weighted by Crippen LogP contribution is 2.50. The van der Waals surface area contributed by atoms with E-state index in [9.17, 15) is 14.7 Å². The van der Waals surface area contributed by atoms with Gasteiger partial charge in [0.05, 0.1) is 17.1 Å². The number of para-hydroxylation sites is 3. The second kappa shape index (κ2) is 11.2. The van der Waals surface area contributed by atoms with Crippen molar-refractivity contribution >= 4 is 34.6 Å². The van der Waals surface area contributed by atoms with Gasteiger partial charge in [0, 0.05) is 48.6 Å². The molecule has 2 N–H and O–H groups in total. The first-order valence-electron chi connectivity index (χ1n) is 13.9. The van der Waals surface area contributed by atoms with Crippen LogP contribution >= 0.6 is 0 Å². The number of hydrogen-bond acceptors (Lipinski definition) is 7. The Morgan fingerprint density at radius 1 is 1.00 bits per heavy atom. The number of amides is 2. The van der Waals surface area contributed by atoms with Crippen molar-refractivity contribution in [3.8, 4) is 5.75 Å². The second-order valence-corrected chi connectivity index (χ2v) is 10.4. The summed E-state index contributed by atoms with van der Waals surface area (Å²) >= 11 is 0. The average Bonchev–Trinajstić information content (AvgIpc) is 3.55. The van der Waals surface area contributed by atoms with Gasteiger partial charge in [0.25, 0.3) is 11.8 Å². The van der Waals surface area contributed by atoms with Crippen molar-refractivity contribution in [2.24, 2.45) is 5.92 Å². The minimum absolute atomic E-state index is 0.0120. The summed E-state index contributed by atoms with van der Waals surface area (Å²) in [6, 6.07) is 21.8. The molecular formula is C32H31N5O5. The molecule has 2 aliphatic rings. The summed E-state index contributed by atoms with van der Waals surface area (Å²) < 4.78 is 7.32. The van der Waals surface area contributed by atoms with Crippen LogP contribution in [0.1, 0.15) is 24.6 Å². The summed E-state index contributed by atoms with van der Waals surface area (Å²) in [5.41, 5.74) is 1.60. The minimum Gasteiger partial charge on any atom is -0.482 e. The van der Waals surface area contributed by atoms with Crippen LogP contribution in [0.25, 0.3) is 0 Å². The van der Waals surface area contributed by atoms with Crippen LogP contribution in [0.5, 0.6) is 5.75 Å². The first-order chi connectivity index (χ1) is 20.4. The molecule has 6 rings (SSSR count). The Morgan fingerprint density at radius 3 is 2.60 bits per heavy atom. The normalized spacial score (nSPS) is 18.7. The molecule has 0 radical (unpaired) electrons. The number of allylic oxidation sites excluding steroid dienone is 1. The molecular weight excluding hydrogens is 534 g/mol. The lowest BCUT2D eigenvalue weighted by Gasteiger charge is -2.31.